The Labute approximate surface area is 163 Å². The molecule has 3 heterocycles. The summed E-state index contributed by atoms with van der Waals surface area (Å²) in [6, 6.07) is 3.30. The molecule has 0 saturated carbocycles. The minimum Gasteiger partial charge on any atom is -0.456 e. The van der Waals surface area contributed by atoms with Gasteiger partial charge in [-0.15, -0.1) is 11.3 Å². The van der Waals surface area contributed by atoms with Crippen LogP contribution in [0.15, 0.2) is 21.9 Å². The molecule has 3 rings (SSSR count). The van der Waals surface area contributed by atoms with E-state index in [1.165, 1.54) is 0 Å². The third kappa shape index (κ3) is 4.88. The highest BCUT2D eigenvalue weighted by molar-refractivity contribution is 7.09. The van der Waals surface area contributed by atoms with E-state index >= 15 is 0 Å². The Morgan fingerprint density at radius 1 is 1.37 bits per heavy atom. The van der Waals surface area contributed by atoms with E-state index in [0.29, 0.717) is 24.6 Å². The molecular weight excluding hydrogens is 364 g/mol. The zero-order chi connectivity index (χ0) is 19.4. The van der Waals surface area contributed by atoms with Gasteiger partial charge < -0.3 is 20.0 Å². The molecule has 0 spiro atoms. The first-order chi connectivity index (χ1) is 13.0. The molecule has 1 saturated heterocycles. The molecule has 0 unspecified atom stereocenters. The lowest BCUT2D eigenvalue weighted by atomic mass is 10.1. The van der Waals surface area contributed by atoms with Crippen LogP contribution in [0, 0.1) is 6.92 Å². The van der Waals surface area contributed by atoms with Gasteiger partial charge in [0.25, 0.3) is 5.91 Å². The number of furan rings is 1. The Bertz CT molecular complexity index is 792. The maximum Gasteiger partial charge on any atom is 0.317 e. The van der Waals surface area contributed by atoms with Gasteiger partial charge in [0.15, 0.2) is 5.76 Å². The summed E-state index contributed by atoms with van der Waals surface area (Å²) in [5.74, 6) is 0.845. The smallest absolute Gasteiger partial charge is 0.317 e. The van der Waals surface area contributed by atoms with Crippen molar-refractivity contribution in [3.05, 3.63) is 39.7 Å². The predicted molar refractivity (Wildman–Crippen MR) is 104 cm³/mol. The van der Waals surface area contributed by atoms with Crippen molar-refractivity contribution in [3.8, 4) is 0 Å². The van der Waals surface area contributed by atoms with Crippen molar-refractivity contribution < 1.29 is 14.0 Å². The van der Waals surface area contributed by atoms with Crippen molar-refractivity contribution in [3.63, 3.8) is 0 Å². The Morgan fingerprint density at radius 2 is 2.11 bits per heavy atom. The Hall–Kier alpha value is -2.35. The van der Waals surface area contributed by atoms with E-state index in [1.807, 2.05) is 19.2 Å². The highest BCUT2D eigenvalue weighted by Crippen LogP contribution is 2.18. The molecule has 0 aromatic carbocycles. The fourth-order valence-corrected chi connectivity index (χ4v) is 3.92. The number of urea groups is 1. The topological polar surface area (TPSA) is 87.5 Å². The van der Waals surface area contributed by atoms with E-state index in [0.717, 1.165) is 30.0 Å². The van der Waals surface area contributed by atoms with Crippen molar-refractivity contribution in [2.75, 3.05) is 13.1 Å². The van der Waals surface area contributed by atoms with Gasteiger partial charge in [-0.3, -0.25) is 4.79 Å². The summed E-state index contributed by atoms with van der Waals surface area (Å²) in [5.41, 5.74) is 0.904. The monoisotopic (exact) mass is 390 g/mol. The number of thiazole rings is 1. The van der Waals surface area contributed by atoms with Crippen LogP contribution < -0.4 is 10.6 Å². The highest BCUT2D eigenvalue weighted by Gasteiger charge is 2.26. The van der Waals surface area contributed by atoms with Crippen LogP contribution in [0.3, 0.4) is 0 Å². The molecule has 1 fully saturated rings. The number of carbonyl (C=O) groups is 2. The van der Waals surface area contributed by atoms with Crippen molar-refractivity contribution in [1.29, 1.82) is 0 Å². The van der Waals surface area contributed by atoms with E-state index in [2.05, 4.69) is 22.5 Å². The van der Waals surface area contributed by atoms with E-state index in [4.69, 9.17) is 4.42 Å². The van der Waals surface area contributed by atoms with Crippen LogP contribution in [0.25, 0.3) is 0 Å². The van der Waals surface area contributed by atoms with Crippen LogP contribution in [0.2, 0.25) is 0 Å². The molecule has 27 heavy (non-hydrogen) atoms. The lowest BCUT2D eigenvalue weighted by Gasteiger charge is -2.33. The van der Waals surface area contributed by atoms with Crippen molar-refractivity contribution >= 4 is 23.3 Å². The first kappa shape index (κ1) is 19.4. The quantitative estimate of drug-likeness (QED) is 0.820. The van der Waals surface area contributed by atoms with Crippen LogP contribution in [0.1, 0.15) is 59.7 Å². The van der Waals surface area contributed by atoms with E-state index in [-0.39, 0.29) is 24.0 Å². The predicted octanol–water partition coefficient (Wildman–Crippen LogP) is 3.27. The van der Waals surface area contributed by atoms with Crippen LogP contribution >= 0.6 is 11.3 Å². The number of likely N-dealkylation sites (tertiary alicyclic amines) is 1. The SMILES string of the molecule is CCc1nc([C@@H](C)NC(=O)N2CCC(NC(=O)c3ccc(C)o3)CC2)cs1. The fraction of sp³-hybridized carbons (Fsp3) is 0.526. The zero-order valence-electron chi connectivity index (χ0n) is 15.9. The Morgan fingerprint density at radius 3 is 2.70 bits per heavy atom. The average Bonchev–Trinajstić information content (AvgIpc) is 3.31. The zero-order valence-corrected chi connectivity index (χ0v) is 16.8. The minimum absolute atomic E-state index is 0.0510. The summed E-state index contributed by atoms with van der Waals surface area (Å²) in [5, 5.41) is 9.08. The molecule has 2 N–H and O–H groups in total. The first-order valence-corrected chi connectivity index (χ1v) is 10.2. The number of aromatic nitrogens is 1. The van der Waals surface area contributed by atoms with Gasteiger partial charge in [0.05, 0.1) is 16.7 Å². The maximum absolute atomic E-state index is 12.5. The van der Waals surface area contributed by atoms with Gasteiger partial charge in [-0.25, -0.2) is 9.78 Å². The lowest BCUT2D eigenvalue weighted by Crippen LogP contribution is -2.49. The second kappa shape index (κ2) is 8.56. The second-order valence-electron chi connectivity index (χ2n) is 6.84. The van der Waals surface area contributed by atoms with Gasteiger partial charge in [0, 0.05) is 24.5 Å². The Kier molecular flexibility index (Phi) is 6.15. The molecule has 1 aliphatic heterocycles. The summed E-state index contributed by atoms with van der Waals surface area (Å²) in [6.07, 6.45) is 2.36. The van der Waals surface area contributed by atoms with Gasteiger partial charge in [-0.05, 0) is 45.2 Å². The average molecular weight is 391 g/mol. The van der Waals surface area contributed by atoms with Crippen molar-refractivity contribution in [1.82, 2.24) is 20.5 Å². The molecule has 1 aliphatic rings. The van der Waals surface area contributed by atoms with Crippen molar-refractivity contribution in [2.45, 2.75) is 52.1 Å². The van der Waals surface area contributed by atoms with Crippen LogP contribution in [0.5, 0.6) is 0 Å². The number of piperidine rings is 1. The summed E-state index contributed by atoms with van der Waals surface area (Å²) < 4.78 is 5.35. The van der Waals surface area contributed by atoms with Crippen LogP contribution in [-0.4, -0.2) is 41.0 Å². The molecule has 0 radical (unpaired) electrons. The van der Waals surface area contributed by atoms with Gasteiger partial charge in [0.2, 0.25) is 0 Å². The largest absolute Gasteiger partial charge is 0.456 e. The molecule has 2 aromatic heterocycles. The summed E-state index contributed by atoms with van der Waals surface area (Å²) >= 11 is 1.62. The van der Waals surface area contributed by atoms with Gasteiger partial charge in [-0.2, -0.15) is 0 Å². The maximum atomic E-state index is 12.5. The van der Waals surface area contributed by atoms with E-state index in [1.54, 1.807) is 28.4 Å². The third-order valence-electron chi connectivity index (χ3n) is 4.74. The van der Waals surface area contributed by atoms with Gasteiger partial charge in [0.1, 0.15) is 5.76 Å². The number of nitrogens with one attached hydrogen (secondary N) is 2. The molecule has 8 heteroatoms. The second-order valence-corrected chi connectivity index (χ2v) is 7.78. The Balaban J connectivity index is 1.45. The molecule has 0 aliphatic carbocycles. The summed E-state index contributed by atoms with van der Waals surface area (Å²) in [4.78, 5) is 31.0. The third-order valence-corrected chi connectivity index (χ3v) is 5.75. The number of carbonyl (C=O) groups excluding carboxylic acids is 2. The normalized spacial score (nSPS) is 16.2. The number of hydrogen-bond donors (Lipinski definition) is 2. The van der Waals surface area contributed by atoms with Crippen molar-refractivity contribution in [2.24, 2.45) is 0 Å². The molecule has 3 amide bonds. The fourth-order valence-electron chi connectivity index (χ4n) is 3.08. The molecule has 0 bridgehead atoms. The number of rotatable bonds is 5. The van der Waals surface area contributed by atoms with Crippen LogP contribution in [0.4, 0.5) is 4.79 Å². The molecule has 146 valence electrons. The standard InChI is InChI=1S/C19H26N4O3S/c1-4-17-22-15(11-27-17)13(3)20-19(25)23-9-7-14(8-10-23)21-18(24)16-6-5-12(2)26-16/h5-6,11,13-14H,4,7-10H2,1-3H3,(H,20,25)(H,21,24)/t13-/m1/s1. The van der Waals surface area contributed by atoms with Crippen LogP contribution in [-0.2, 0) is 6.42 Å². The number of amides is 3. The molecule has 2 aromatic rings. The summed E-state index contributed by atoms with van der Waals surface area (Å²) in [7, 11) is 0. The first-order valence-electron chi connectivity index (χ1n) is 9.33. The molecular formula is C19H26N4O3S. The number of hydrogen-bond acceptors (Lipinski definition) is 5. The van der Waals surface area contributed by atoms with Gasteiger partial charge in [-0.1, -0.05) is 6.92 Å². The van der Waals surface area contributed by atoms with E-state index in [9.17, 15) is 9.59 Å². The molecule has 1 atom stereocenters. The summed E-state index contributed by atoms with van der Waals surface area (Å²) in [6.45, 7) is 7.05. The van der Waals surface area contributed by atoms with E-state index < -0.39 is 0 Å². The lowest BCUT2D eigenvalue weighted by molar-refractivity contribution is 0.0888. The number of aryl methyl sites for hydroxylation is 2. The highest BCUT2D eigenvalue weighted by atomic mass is 32.1. The minimum atomic E-state index is -0.199. The van der Waals surface area contributed by atoms with Gasteiger partial charge >= 0.3 is 6.03 Å². The number of nitrogens with zero attached hydrogens (tertiary/aromatic N) is 2. The molecule has 7 nitrogen and oxygen atoms in total.